The summed E-state index contributed by atoms with van der Waals surface area (Å²) in [4.78, 5) is 0. The van der Waals surface area contributed by atoms with Crippen molar-refractivity contribution in [3.8, 4) is 5.75 Å². The molecule has 1 N–H and O–H groups in total. The van der Waals surface area contributed by atoms with Gasteiger partial charge in [-0.25, -0.2) is 0 Å². The van der Waals surface area contributed by atoms with Gasteiger partial charge in [0.25, 0.3) is 0 Å². The summed E-state index contributed by atoms with van der Waals surface area (Å²) in [5, 5.41) is 18.8. The summed E-state index contributed by atoms with van der Waals surface area (Å²) < 4.78 is 7.20. The van der Waals surface area contributed by atoms with Crippen LogP contribution in [0.25, 0.3) is 5.65 Å². The molecule has 0 bridgehead atoms. The number of anilines is 1. The average molecular weight is 282 g/mol. The van der Waals surface area contributed by atoms with Gasteiger partial charge in [-0.2, -0.15) is 0 Å². The minimum absolute atomic E-state index is 0.422. The van der Waals surface area contributed by atoms with Crippen molar-refractivity contribution in [2.75, 3.05) is 18.5 Å². The molecule has 0 saturated carbocycles. The van der Waals surface area contributed by atoms with Crippen molar-refractivity contribution in [2.24, 2.45) is 5.92 Å². The summed E-state index contributed by atoms with van der Waals surface area (Å²) in [5.41, 5.74) is 1.90. The molecule has 3 heterocycles. The third-order valence-corrected chi connectivity index (χ3v) is 3.60. The van der Waals surface area contributed by atoms with E-state index in [-0.39, 0.29) is 0 Å². The molecule has 7 heteroatoms. The molecule has 0 spiro atoms. The van der Waals surface area contributed by atoms with Crippen LogP contribution in [0.2, 0.25) is 0 Å². The Bertz CT molecular complexity index is 771. The summed E-state index contributed by atoms with van der Waals surface area (Å²) >= 11 is 0. The molecule has 1 atom stereocenters. The van der Waals surface area contributed by atoms with Crippen molar-refractivity contribution in [1.29, 1.82) is 0 Å². The van der Waals surface area contributed by atoms with Gasteiger partial charge in [-0.05, 0) is 40.6 Å². The highest BCUT2D eigenvalue weighted by Crippen LogP contribution is 2.26. The standard InChI is InChI=1S/C14H14N6O/c1-2-4-12-11(3-1)7-10(9-21-12)8-15-13-5-6-14-16-18-19-20(14)17-13/h1-6,10H,7-9H2,(H,15,17)/t10-/m0/s1. The van der Waals surface area contributed by atoms with Gasteiger partial charge in [-0.1, -0.05) is 18.2 Å². The fourth-order valence-corrected chi connectivity index (χ4v) is 2.51. The van der Waals surface area contributed by atoms with Crippen LogP contribution in [0.15, 0.2) is 36.4 Å². The first-order valence-electron chi connectivity index (χ1n) is 6.88. The van der Waals surface area contributed by atoms with Crippen molar-refractivity contribution in [3.05, 3.63) is 42.0 Å². The van der Waals surface area contributed by atoms with Crippen LogP contribution >= 0.6 is 0 Å². The maximum atomic E-state index is 5.78. The van der Waals surface area contributed by atoms with Gasteiger partial charge in [0.05, 0.1) is 6.61 Å². The van der Waals surface area contributed by atoms with Crippen LogP contribution < -0.4 is 10.1 Å². The number of rotatable bonds is 3. The number of fused-ring (bicyclic) bond motifs is 2. The minimum atomic E-state index is 0.422. The monoisotopic (exact) mass is 282 g/mol. The first kappa shape index (κ1) is 12.1. The number of ether oxygens (including phenoxy) is 1. The number of hydrogen-bond donors (Lipinski definition) is 1. The predicted octanol–water partition coefficient (Wildman–Crippen LogP) is 1.18. The lowest BCUT2D eigenvalue weighted by Gasteiger charge is -2.25. The van der Waals surface area contributed by atoms with E-state index in [1.807, 2.05) is 30.3 Å². The Balaban J connectivity index is 1.43. The highest BCUT2D eigenvalue weighted by molar-refractivity contribution is 5.42. The van der Waals surface area contributed by atoms with Crippen LogP contribution in [0.4, 0.5) is 5.82 Å². The molecule has 3 aromatic rings. The van der Waals surface area contributed by atoms with Gasteiger partial charge in [0.1, 0.15) is 11.6 Å². The predicted molar refractivity (Wildman–Crippen MR) is 76.2 cm³/mol. The average Bonchev–Trinajstić information content (AvgIpc) is 3.00. The molecule has 0 saturated heterocycles. The van der Waals surface area contributed by atoms with Gasteiger partial charge in [0, 0.05) is 12.5 Å². The van der Waals surface area contributed by atoms with E-state index < -0.39 is 0 Å². The second-order valence-electron chi connectivity index (χ2n) is 5.11. The van der Waals surface area contributed by atoms with Crippen LogP contribution in [0.1, 0.15) is 5.56 Å². The van der Waals surface area contributed by atoms with Gasteiger partial charge in [-0.3, -0.25) is 0 Å². The third-order valence-electron chi connectivity index (χ3n) is 3.60. The second-order valence-corrected chi connectivity index (χ2v) is 5.11. The molecule has 0 fully saturated rings. The fourth-order valence-electron chi connectivity index (χ4n) is 2.51. The van der Waals surface area contributed by atoms with E-state index in [9.17, 15) is 0 Å². The van der Waals surface area contributed by atoms with Crippen molar-refractivity contribution in [1.82, 2.24) is 25.3 Å². The number of hydrogen-bond acceptors (Lipinski definition) is 6. The second kappa shape index (κ2) is 5.01. The SMILES string of the molecule is c1ccc2c(c1)C[C@@H](CNc1ccc3nnnn3n1)CO2. The molecule has 0 aliphatic carbocycles. The normalized spacial score (nSPS) is 17.2. The van der Waals surface area contributed by atoms with Crippen molar-refractivity contribution in [3.63, 3.8) is 0 Å². The molecule has 7 nitrogen and oxygen atoms in total. The highest BCUT2D eigenvalue weighted by atomic mass is 16.5. The van der Waals surface area contributed by atoms with E-state index in [1.165, 1.54) is 10.2 Å². The van der Waals surface area contributed by atoms with E-state index >= 15 is 0 Å². The van der Waals surface area contributed by atoms with Gasteiger partial charge in [0.2, 0.25) is 0 Å². The molecule has 4 rings (SSSR count). The molecular formula is C14H14N6O. The third kappa shape index (κ3) is 2.37. The number of nitrogens with one attached hydrogen (secondary N) is 1. The van der Waals surface area contributed by atoms with Gasteiger partial charge < -0.3 is 10.1 Å². The number of tetrazole rings is 1. The Labute approximate surface area is 120 Å². The summed E-state index contributed by atoms with van der Waals surface area (Å²) in [6.07, 6.45) is 1.01. The van der Waals surface area contributed by atoms with E-state index in [2.05, 4.69) is 32.0 Å². The molecule has 21 heavy (non-hydrogen) atoms. The number of benzene rings is 1. The van der Waals surface area contributed by atoms with Gasteiger partial charge in [-0.15, -0.1) is 14.8 Å². The first-order valence-corrected chi connectivity index (χ1v) is 6.88. The van der Waals surface area contributed by atoms with Crippen LogP contribution in [0.3, 0.4) is 0 Å². The van der Waals surface area contributed by atoms with Crippen LogP contribution in [0, 0.1) is 5.92 Å². The maximum absolute atomic E-state index is 5.78. The zero-order valence-electron chi connectivity index (χ0n) is 11.3. The fraction of sp³-hybridized carbons (Fsp3) is 0.286. The van der Waals surface area contributed by atoms with Crippen LogP contribution in [-0.4, -0.2) is 38.4 Å². The Morgan fingerprint density at radius 1 is 1.24 bits per heavy atom. The first-order chi connectivity index (χ1) is 10.4. The van der Waals surface area contributed by atoms with Gasteiger partial charge >= 0.3 is 0 Å². The Morgan fingerprint density at radius 2 is 2.19 bits per heavy atom. The van der Waals surface area contributed by atoms with E-state index in [0.717, 1.165) is 31.1 Å². The topological polar surface area (TPSA) is 77.2 Å². The van der Waals surface area contributed by atoms with Crippen molar-refractivity contribution >= 4 is 11.5 Å². The maximum Gasteiger partial charge on any atom is 0.200 e. The summed E-state index contributed by atoms with van der Waals surface area (Å²) in [5.74, 6) is 2.18. The number of para-hydroxylation sites is 1. The summed E-state index contributed by atoms with van der Waals surface area (Å²) in [6, 6.07) is 11.9. The Morgan fingerprint density at radius 3 is 3.19 bits per heavy atom. The summed E-state index contributed by atoms with van der Waals surface area (Å²) in [7, 11) is 0. The quantitative estimate of drug-likeness (QED) is 0.777. The molecule has 0 unspecified atom stereocenters. The molecule has 1 aliphatic heterocycles. The highest BCUT2D eigenvalue weighted by Gasteiger charge is 2.19. The zero-order valence-corrected chi connectivity index (χ0v) is 11.3. The lowest BCUT2D eigenvalue weighted by atomic mass is 9.97. The van der Waals surface area contributed by atoms with E-state index in [0.29, 0.717) is 11.6 Å². The van der Waals surface area contributed by atoms with Gasteiger partial charge in [0.15, 0.2) is 5.65 Å². The van der Waals surface area contributed by atoms with Crippen LogP contribution in [-0.2, 0) is 6.42 Å². The Hall–Kier alpha value is -2.70. The molecule has 106 valence electrons. The molecule has 0 radical (unpaired) electrons. The minimum Gasteiger partial charge on any atom is -0.493 e. The van der Waals surface area contributed by atoms with Crippen LogP contribution in [0.5, 0.6) is 5.75 Å². The zero-order chi connectivity index (χ0) is 14.1. The van der Waals surface area contributed by atoms with E-state index in [4.69, 9.17) is 4.74 Å². The molecule has 2 aromatic heterocycles. The summed E-state index contributed by atoms with van der Waals surface area (Å²) in [6.45, 7) is 1.52. The lowest BCUT2D eigenvalue weighted by molar-refractivity contribution is 0.229. The van der Waals surface area contributed by atoms with Crippen molar-refractivity contribution in [2.45, 2.75) is 6.42 Å². The number of aromatic nitrogens is 5. The Kier molecular flexibility index (Phi) is 2.88. The van der Waals surface area contributed by atoms with Crippen molar-refractivity contribution < 1.29 is 4.74 Å². The smallest absolute Gasteiger partial charge is 0.200 e. The molecular weight excluding hydrogens is 268 g/mol. The molecule has 1 aromatic carbocycles. The molecule has 1 aliphatic rings. The lowest BCUT2D eigenvalue weighted by Crippen LogP contribution is -2.27. The number of nitrogens with zero attached hydrogens (tertiary/aromatic N) is 5. The largest absolute Gasteiger partial charge is 0.493 e. The van der Waals surface area contributed by atoms with E-state index in [1.54, 1.807) is 0 Å². The molecule has 0 amide bonds.